The molecule has 0 saturated carbocycles. The number of rotatable bonds is 8. The Labute approximate surface area is 142 Å². The zero-order valence-electron chi connectivity index (χ0n) is 12.2. The summed E-state index contributed by atoms with van der Waals surface area (Å²) in [6.07, 6.45) is 2.56. The smallest absolute Gasteiger partial charge is 0.320 e. The molecule has 22 heavy (non-hydrogen) atoms. The SMILES string of the molecule is CSCCC(NCc1ccc(-c2ccc(Br)cc2)o1)C(=O)O. The van der Waals surface area contributed by atoms with Gasteiger partial charge in [-0.2, -0.15) is 11.8 Å². The van der Waals surface area contributed by atoms with Crippen molar-refractivity contribution in [1.82, 2.24) is 5.32 Å². The van der Waals surface area contributed by atoms with Crippen molar-refractivity contribution < 1.29 is 14.3 Å². The molecule has 0 saturated heterocycles. The molecule has 1 aromatic carbocycles. The van der Waals surface area contributed by atoms with E-state index in [1.165, 1.54) is 0 Å². The van der Waals surface area contributed by atoms with Gasteiger partial charge < -0.3 is 9.52 Å². The first-order valence-electron chi connectivity index (χ1n) is 6.90. The molecule has 0 spiro atoms. The highest BCUT2D eigenvalue weighted by atomic mass is 79.9. The number of aliphatic carboxylic acids is 1. The first-order chi connectivity index (χ1) is 10.6. The molecule has 0 radical (unpaired) electrons. The van der Waals surface area contributed by atoms with Crippen LogP contribution in [0.2, 0.25) is 0 Å². The summed E-state index contributed by atoms with van der Waals surface area (Å²) in [5.74, 6) is 1.49. The Kier molecular flexibility index (Phi) is 6.54. The minimum absolute atomic E-state index is 0.405. The van der Waals surface area contributed by atoms with Crippen LogP contribution in [0.5, 0.6) is 0 Å². The van der Waals surface area contributed by atoms with E-state index in [2.05, 4.69) is 21.2 Å². The van der Waals surface area contributed by atoms with Gasteiger partial charge in [-0.3, -0.25) is 10.1 Å². The van der Waals surface area contributed by atoms with Crippen molar-refractivity contribution in [3.8, 4) is 11.3 Å². The minimum Gasteiger partial charge on any atom is -0.480 e. The number of carbonyl (C=O) groups is 1. The van der Waals surface area contributed by atoms with Gasteiger partial charge in [-0.05, 0) is 42.7 Å². The standard InChI is InChI=1S/C16H18BrNO3S/c1-22-9-8-14(16(19)20)18-10-13-6-7-15(21-13)11-2-4-12(17)5-3-11/h2-7,14,18H,8-10H2,1H3,(H,19,20). The average Bonchev–Trinajstić information content (AvgIpc) is 2.96. The maximum Gasteiger partial charge on any atom is 0.320 e. The Balaban J connectivity index is 1.96. The monoisotopic (exact) mass is 383 g/mol. The van der Waals surface area contributed by atoms with Crippen molar-refractivity contribution in [2.45, 2.75) is 19.0 Å². The molecule has 0 aliphatic heterocycles. The van der Waals surface area contributed by atoms with E-state index in [9.17, 15) is 9.90 Å². The highest BCUT2D eigenvalue weighted by molar-refractivity contribution is 9.10. The number of carboxylic acids is 1. The molecule has 0 aliphatic rings. The van der Waals surface area contributed by atoms with E-state index in [0.29, 0.717) is 13.0 Å². The van der Waals surface area contributed by atoms with Crippen LogP contribution in [0.1, 0.15) is 12.2 Å². The summed E-state index contributed by atoms with van der Waals surface area (Å²) in [6.45, 7) is 0.405. The van der Waals surface area contributed by atoms with Gasteiger partial charge in [-0.1, -0.05) is 28.1 Å². The third-order valence-corrected chi connectivity index (χ3v) is 4.39. The molecule has 0 aliphatic carbocycles. The Bertz CT molecular complexity index is 612. The van der Waals surface area contributed by atoms with Crippen molar-refractivity contribution in [3.05, 3.63) is 46.6 Å². The molecule has 1 aromatic heterocycles. The summed E-state index contributed by atoms with van der Waals surface area (Å²) in [5, 5.41) is 12.2. The van der Waals surface area contributed by atoms with Crippen LogP contribution >= 0.6 is 27.7 Å². The van der Waals surface area contributed by atoms with Crippen molar-refractivity contribution in [2.75, 3.05) is 12.0 Å². The summed E-state index contributed by atoms with van der Waals surface area (Å²) >= 11 is 5.04. The number of thioether (sulfide) groups is 1. The highest BCUT2D eigenvalue weighted by Crippen LogP contribution is 2.24. The third-order valence-electron chi connectivity index (χ3n) is 3.22. The van der Waals surface area contributed by atoms with E-state index in [1.807, 2.05) is 42.7 Å². The number of hydrogen-bond donors (Lipinski definition) is 2. The lowest BCUT2D eigenvalue weighted by molar-refractivity contribution is -0.139. The predicted octanol–water partition coefficient (Wildman–Crippen LogP) is 4.01. The largest absolute Gasteiger partial charge is 0.480 e. The molecule has 1 atom stereocenters. The summed E-state index contributed by atoms with van der Waals surface area (Å²) in [4.78, 5) is 11.2. The fraction of sp³-hybridized carbons (Fsp3) is 0.312. The number of carboxylic acid groups (broad SMARTS) is 1. The Morgan fingerprint density at radius 2 is 2.05 bits per heavy atom. The molecule has 6 heteroatoms. The van der Waals surface area contributed by atoms with Gasteiger partial charge in [-0.15, -0.1) is 0 Å². The number of nitrogens with one attached hydrogen (secondary N) is 1. The summed E-state index contributed by atoms with van der Waals surface area (Å²) in [6, 6.07) is 11.1. The van der Waals surface area contributed by atoms with Crippen LogP contribution in [0, 0.1) is 0 Å². The molecule has 1 unspecified atom stereocenters. The second-order valence-corrected chi connectivity index (χ2v) is 6.73. The topological polar surface area (TPSA) is 62.5 Å². The van der Waals surface area contributed by atoms with E-state index in [1.54, 1.807) is 11.8 Å². The molecule has 2 rings (SSSR count). The third kappa shape index (κ3) is 4.90. The van der Waals surface area contributed by atoms with E-state index >= 15 is 0 Å². The summed E-state index contributed by atoms with van der Waals surface area (Å²) in [5.41, 5.74) is 0.992. The lowest BCUT2D eigenvalue weighted by Crippen LogP contribution is -2.36. The summed E-state index contributed by atoms with van der Waals surface area (Å²) < 4.78 is 6.78. The minimum atomic E-state index is -0.825. The Morgan fingerprint density at radius 1 is 1.32 bits per heavy atom. The molecule has 0 amide bonds. The van der Waals surface area contributed by atoms with Gasteiger partial charge in [-0.25, -0.2) is 0 Å². The maximum atomic E-state index is 11.2. The fourth-order valence-corrected chi connectivity index (χ4v) is 2.75. The van der Waals surface area contributed by atoms with Crippen molar-refractivity contribution >= 4 is 33.7 Å². The molecule has 0 bridgehead atoms. The maximum absolute atomic E-state index is 11.2. The first-order valence-corrected chi connectivity index (χ1v) is 9.08. The predicted molar refractivity (Wildman–Crippen MR) is 93.1 cm³/mol. The van der Waals surface area contributed by atoms with Gasteiger partial charge in [0, 0.05) is 10.0 Å². The first kappa shape index (κ1) is 17.1. The van der Waals surface area contributed by atoms with Crippen LogP contribution in [-0.4, -0.2) is 29.1 Å². The van der Waals surface area contributed by atoms with Crippen molar-refractivity contribution in [3.63, 3.8) is 0 Å². The van der Waals surface area contributed by atoms with Crippen LogP contribution < -0.4 is 5.32 Å². The van der Waals surface area contributed by atoms with Crippen LogP contribution in [-0.2, 0) is 11.3 Å². The van der Waals surface area contributed by atoms with Crippen molar-refractivity contribution in [2.24, 2.45) is 0 Å². The van der Waals surface area contributed by atoms with E-state index in [-0.39, 0.29) is 0 Å². The van der Waals surface area contributed by atoms with E-state index in [4.69, 9.17) is 4.42 Å². The molecular formula is C16H18BrNO3S. The lowest BCUT2D eigenvalue weighted by atomic mass is 10.2. The lowest BCUT2D eigenvalue weighted by Gasteiger charge is -2.12. The number of hydrogen-bond acceptors (Lipinski definition) is 4. The van der Waals surface area contributed by atoms with Crippen molar-refractivity contribution in [1.29, 1.82) is 0 Å². The van der Waals surface area contributed by atoms with Gasteiger partial charge in [0.25, 0.3) is 0 Å². The molecule has 2 aromatic rings. The second kappa shape index (κ2) is 8.41. The molecule has 2 N–H and O–H groups in total. The zero-order valence-corrected chi connectivity index (χ0v) is 14.6. The van der Waals surface area contributed by atoms with E-state index < -0.39 is 12.0 Å². The second-order valence-electron chi connectivity index (χ2n) is 4.83. The van der Waals surface area contributed by atoms with Crippen LogP contribution in [0.25, 0.3) is 11.3 Å². The average molecular weight is 384 g/mol. The highest BCUT2D eigenvalue weighted by Gasteiger charge is 2.16. The Hall–Kier alpha value is -1.24. The quantitative estimate of drug-likeness (QED) is 0.720. The number of benzene rings is 1. The van der Waals surface area contributed by atoms with Gasteiger partial charge >= 0.3 is 5.97 Å². The molecule has 0 fully saturated rings. The molecular weight excluding hydrogens is 366 g/mol. The van der Waals surface area contributed by atoms with Gasteiger partial charge in [0.1, 0.15) is 17.6 Å². The van der Waals surface area contributed by atoms with Crippen LogP contribution in [0.4, 0.5) is 0 Å². The van der Waals surface area contributed by atoms with Gasteiger partial charge in [0.2, 0.25) is 0 Å². The normalized spacial score (nSPS) is 12.3. The molecule has 4 nitrogen and oxygen atoms in total. The number of furan rings is 1. The van der Waals surface area contributed by atoms with Gasteiger partial charge in [0.05, 0.1) is 6.54 Å². The van der Waals surface area contributed by atoms with Gasteiger partial charge in [0.15, 0.2) is 0 Å². The van der Waals surface area contributed by atoms with Crippen LogP contribution in [0.15, 0.2) is 45.3 Å². The Morgan fingerprint density at radius 3 is 2.68 bits per heavy atom. The number of halogens is 1. The zero-order chi connectivity index (χ0) is 15.9. The van der Waals surface area contributed by atoms with Crippen LogP contribution in [0.3, 0.4) is 0 Å². The summed E-state index contributed by atoms with van der Waals surface area (Å²) in [7, 11) is 0. The van der Waals surface area contributed by atoms with E-state index in [0.717, 1.165) is 27.3 Å². The fourth-order valence-electron chi connectivity index (χ4n) is 2.01. The molecule has 1 heterocycles. The molecule has 118 valence electrons.